The summed E-state index contributed by atoms with van der Waals surface area (Å²) in [7, 11) is -1.44. The van der Waals surface area contributed by atoms with Gasteiger partial charge in [0.25, 0.3) is 0 Å². The Hall–Kier alpha value is -0.505. The van der Waals surface area contributed by atoms with Crippen LogP contribution >= 0.6 is 11.6 Å². The highest BCUT2D eigenvalue weighted by Crippen LogP contribution is 2.21. The van der Waals surface area contributed by atoms with E-state index in [-0.39, 0.29) is 5.38 Å². The molecule has 2 N–H and O–H groups in total. The molecule has 13 heavy (non-hydrogen) atoms. The van der Waals surface area contributed by atoms with Crippen molar-refractivity contribution in [1.29, 1.82) is 0 Å². The highest BCUT2D eigenvalue weighted by molar-refractivity contribution is 6.59. The first-order valence-corrected chi connectivity index (χ1v) is 4.69. The lowest BCUT2D eigenvalue weighted by molar-refractivity contribution is 0.425. The van der Waals surface area contributed by atoms with Gasteiger partial charge in [0.1, 0.15) is 0 Å². The number of alkyl halides is 1. The summed E-state index contributed by atoms with van der Waals surface area (Å²) in [5, 5.41) is 17.9. The van der Waals surface area contributed by atoms with Crippen molar-refractivity contribution in [3.8, 4) is 0 Å². The molecule has 0 bridgehead atoms. The van der Waals surface area contributed by atoms with Gasteiger partial charge in [-0.1, -0.05) is 31.2 Å². The summed E-state index contributed by atoms with van der Waals surface area (Å²) in [6.45, 7) is 1.96. The van der Waals surface area contributed by atoms with E-state index in [0.717, 1.165) is 12.0 Å². The van der Waals surface area contributed by atoms with E-state index in [9.17, 15) is 0 Å². The minimum Gasteiger partial charge on any atom is -0.423 e. The molecule has 1 rings (SSSR count). The normalized spacial score (nSPS) is 12.6. The van der Waals surface area contributed by atoms with Crippen LogP contribution in [0.15, 0.2) is 24.3 Å². The number of hydrogen-bond acceptors (Lipinski definition) is 2. The number of halogens is 1. The Labute approximate surface area is 83.3 Å². The van der Waals surface area contributed by atoms with Gasteiger partial charge in [0.2, 0.25) is 0 Å². The molecule has 2 nitrogen and oxygen atoms in total. The predicted molar refractivity (Wildman–Crippen MR) is 55.2 cm³/mol. The fraction of sp³-hybridized carbons (Fsp3) is 0.333. The molecule has 1 aromatic carbocycles. The van der Waals surface area contributed by atoms with Gasteiger partial charge in [-0.15, -0.1) is 11.6 Å². The van der Waals surface area contributed by atoms with Crippen LogP contribution in [0.1, 0.15) is 24.3 Å². The summed E-state index contributed by atoms with van der Waals surface area (Å²) < 4.78 is 0. The van der Waals surface area contributed by atoms with Crippen LogP contribution in [0.4, 0.5) is 0 Å². The molecular weight excluding hydrogens is 186 g/mol. The Balaban J connectivity index is 3.04. The molecule has 0 saturated heterocycles. The maximum atomic E-state index is 9.05. The second-order valence-electron chi connectivity index (χ2n) is 2.88. The van der Waals surface area contributed by atoms with Crippen molar-refractivity contribution in [1.82, 2.24) is 0 Å². The molecule has 1 aromatic rings. The summed E-state index contributed by atoms with van der Waals surface area (Å²) >= 11 is 6.02. The molecule has 0 heterocycles. The van der Waals surface area contributed by atoms with E-state index in [1.165, 1.54) is 0 Å². The van der Waals surface area contributed by atoms with Gasteiger partial charge in [0.15, 0.2) is 0 Å². The van der Waals surface area contributed by atoms with Gasteiger partial charge >= 0.3 is 7.12 Å². The Morgan fingerprint density at radius 2 is 2.00 bits per heavy atom. The topological polar surface area (TPSA) is 40.5 Å². The Morgan fingerprint density at radius 3 is 2.54 bits per heavy atom. The first-order chi connectivity index (χ1) is 6.16. The molecule has 0 aliphatic heterocycles. The van der Waals surface area contributed by atoms with Crippen LogP contribution in [0.2, 0.25) is 0 Å². The summed E-state index contributed by atoms with van der Waals surface area (Å²) in [6.07, 6.45) is 0.769. The first-order valence-electron chi connectivity index (χ1n) is 4.25. The zero-order valence-corrected chi connectivity index (χ0v) is 8.20. The van der Waals surface area contributed by atoms with Gasteiger partial charge in [-0.2, -0.15) is 0 Å². The van der Waals surface area contributed by atoms with Crippen LogP contribution in [-0.2, 0) is 0 Å². The molecule has 1 unspecified atom stereocenters. The average Bonchev–Trinajstić information content (AvgIpc) is 2.16. The van der Waals surface area contributed by atoms with Crippen LogP contribution in [0.25, 0.3) is 0 Å². The predicted octanol–water partition coefficient (Wildman–Crippen LogP) is 1.06. The third kappa shape index (κ3) is 2.47. The fourth-order valence-corrected chi connectivity index (χ4v) is 1.45. The summed E-state index contributed by atoms with van der Waals surface area (Å²) in [5.41, 5.74) is 1.28. The van der Waals surface area contributed by atoms with Crippen molar-refractivity contribution in [2.75, 3.05) is 0 Å². The summed E-state index contributed by atoms with van der Waals surface area (Å²) in [6, 6.07) is 7.09. The molecule has 0 aliphatic rings. The van der Waals surface area contributed by atoms with Gasteiger partial charge in [0.05, 0.1) is 5.38 Å². The van der Waals surface area contributed by atoms with E-state index in [2.05, 4.69) is 0 Å². The van der Waals surface area contributed by atoms with Crippen molar-refractivity contribution in [2.24, 2.45) is 0 Å². The van der Waals surface area contributed by atoms with Crippen molar-refractivity contribution in [3.05, 3.63) is 29.8 Å². The average molecular weight is 198 g/mol. The molecule has 0 saturated carbocycles. The summed E-state index contributed by atoms with van der Waals surface area (Å²) in [5.74, 6) is 0. The van der Waals surface area contributed by atoms with Crippen molar-refractivity contribution in [3.63, 3.8) is 0 Å². The van der Waals surface area contributed by atoms with E-state index in [1.807, 2.05) is 19.1 Å². The summed E-state index contributed by atoms with van der Waals surface area (Å²) in [4.78, 5) is 0. The van der Waals surface area contributed by atoms with Crippen molar-refractivity contribution >= 4 is 24.2 Å². The second kappa shape index (κ2) is 4.65. The molecule has 0 amide bonds. The SMILES string of the molecule is CCC(Cl)c1ccccc1B(O)O. The zero-order valence-electron chi connectivity index (χ0n) is 7.44. The lowest BCUT2D eigenvalue weighted by Gasteiger charge is -2.12. The molecule has 0 aliphatic carbocycles. The monoisotopic (exact) mass is 198 g/mol. The lowest BCUT2D eigenvalue weighted by atomic mass is 9.76. The lowest BCUT2D eigenvalue weighted by Crippen LogP contribution is -2.33. The maximum Gasteiger partial charge on any atom is 0.488 e. The molecule has 4 heteroatoms. The van der Waals surface area contributed by atoms with Crippen LogP contribution in [-0.4, -0.2) is 17.2 Å². The van der Waals surface area contributed by atoms with Crippen LogP contribution in [0.5, 0.6) is 0 Å². The fourth-order valence-electron chi connectivity index (χ4n) is 1.25. The number of rotatable bonds is 3. The highest BCUT2D eigenvalue weighted by Gasteiger charge is 2.18. The van der Waals surface area contributed by atoms with Gasteiger partial charge in [-0.3, -0.25) is 0 Å². The Bertz CT molecular complexity index is 278. The van der Waals surface area contributed by atoms with Crippen LogP contribution < -0.4 is 5.46 Å². The molecule has 1 atom stereocenters. The number of benzene rings is 1. The minimum atomic E-state index is -1.44. The zero-order chi connectivity index (χ0) is 9.84. The quantitative estimate of drug-likeness (QED) is 0.563. The van der Waals surface area contributed by atoms with E-state index in [0.29, 0.717) is 5.46 Å². The van der Waals surface area contributed by atoms with E-state index in [1.54, 1.807) is 12.1 Å². The minimum absolute atomic E-state index is 0.155. The number of hydrogen-bond donors (Lipinski definition) is 2. The van der Waals surface area contributed by atoms with Gasteiger partial charge in [-0.25, -0.2) is 0 Å². The molecule has 0 radical (unpaired) electrons. The third-order valence-electron chi connectivity index (χ3n) is 1.97. The largest absolute Gasteiger partial charge is 0.488 e. The Kier molecular flexibility index (Phi) is 3.79. The molecule has 0 aromatic heterocycles. The van der Waals surface area contributed by atoms with Gasteiger partial charge in [-0.05, 0) is 17.4 Å². The van der Waals surface area contributed by atoms with E-state index < -0.39 is 7.12 Å². The Morgan fingerprint density at radius 1 is 1.38 bits per heavy atom. The van der Waals surface area contributed by atoms with E-state index in [4.69, 9.17) is 21.6 Å². The molecule has 70 valence electrons. The molecular formula is C9H12BClO2. The van der Waals surface area contributed by atoms with Crippen LogP contribution in [0, 0.1) is 0 Å². The highest BCUT2D eigenvalue weighted by atomic mass is 35.5. The van der Waals surface area contributed by atoms with Crippen molar-refractivity contribution in [2.45, 2.75) is 18.7 Å². The second-order valence-corrected chi connectivity index (χ2v) is 3.41. The van der Waals surface area contributed by atoms with E-state index >= 15 is 0 Å². The smallest absolute Gasteiger partial charge is 0.423 e. The molecule has 0 spiro atoms. The molecule has 0 fully saturated rings. The third-order valence-corrected chi connectivity index (χ3v) is 2.51. The first kappa shape index (κ1) is 10.6. The standard InChI is InChI=1S/C9H12BClO2/c1-2-9(11)7-5-3-4-6-8(7)10(12)13/h3-6,9,12-13H,2H2,1H3. The maximum absolute atomic E-state index is 9.05. The van der Waals surface area contributed by atoms with Gasteiger partial charge in [0, 0.05) is 0 Å². The van der Waals surface area contributed by atoms with Crippen molar-refractivity contribution < 1.29 is 10.0 Å². The van der Waals surface area contributed by atoms with Crippen LogP contribution in [0.3, 0.4) is 0 Å². The van der Waals surface area contributed by atoms with Gasteiger partial charge < -0.3 is 10.0 Å².